The van der Waals surface area contributed by atoms with Crippen molar-refractivity contribution in [3.05, 3.63) is 46.2 Å². The monoisotopic (exact) mass is 422 g/mol. The lowest BCUT2D eigenvalue weighted by atomic mass is 9.88. The second kappa shape index (κ2) is 8.91. The zero-order valence-electron chi connectivity index (χ0n) is 16.6. The van der Waals surface area contributed by atoms with Crippen molar-refractivity contribution >= 4 is 21.4 Å². The van der Waals surface area contributed by atoms with Gasteiger partial charge in [0.2, 0.25) is 15.9 Å². The summed E-state index contributed by atoms with van der Waals surface area (Å²) < 4.78 is 33.6. The van der Waals surface area contributed by atoms with Gasteiger partial charge in [0, 0.05) is 18.5 Å². The molecule has 0 bridgehead atoms. The van der Waals surface area contributed by atoms with Crippen LogP contribution in [0, 0.1) is 16.0 Å². The summed E-state index contributed by atoms with van der Waals surface area (Å²) in [5.41, 5.74) is -0.107. The molecule has 0 atom stereocenters. The molecule has 0 amide bonds. The number of sulfonamides is 1. The van der Waals surface area contributed by atoms with Gasteiger partial charge in [0.1, 0.15) is 11.4 Å². The van der Waals surface area contributed by atoms with Crippen LogP contribution in [0.25, 0.3) is 0 Å². The summed E-state index contributed by atoms with van der Waals surface area (Å²) in [6.07, 6.45) is 5.80. The highest BCUT2D eigenvalue weighted by Crippen LogP contribution is 2.29. The molecule has 1 heterocycles. The molecule has 1 saturated carbocycles. The topological polar surface area (TPSA) is 127 Å². The summed E-state index contributed by atoms with van der Waals surface area (Å²) in [5, 5.41) is 14.4. The van der Waals surface area contributed by atoms with Gasteiger partial charge in [-0.25, -0.2) is 18.1 Å². The second-order valence-corrected chi connectivity index (χ2v) is 9.16. The van der Waals surface area contributed by atoms with Crippen LogP contribution in [0.1, 0.15) is 51.2 Å². The molecule has 2 N–H and O–H groups in total. The zero-order valence-corrected chi connectivity index (χ0v) is 17.4. The van der Waals surface area contributed by atoms with Crippen molar-refractivity contribution in [2.75, 3.05) is 5.32 Å². The molecule has 0 spiro atoms. The average molecular weight is 423 g/mol. The van der Waals surface area contributed by atoms with Gasteiger partial charge in [-0.1, -0.05) is 13.8 Å². The average Bonchev–Trinajstić information content (AvgIpc) is 3.16. The third kappa shape index (κ3) is 5.33. The number of hydrogen-bond acceptors (Lipinski definition) is 7. The van der Waals surface area contributed by atoms with E-state index in [1.54, 1.807) is 6.20 Å². The van der Waals surface area contributed by atoms with E-state index in [0.717, 1.165) is 37.5 Å². The molecule has 0 unspecified atom stereocenters. The van der Waals surface area contributed by atoms with Crippen LogP contribution >= 0.6 is 0 Å². The summed E-state index contributed by atoms with van der Waals surface area (Å²) in [6.45, 7) is 4.25. The first-order chi connectivity index (χ1) is 13.8. The summed E-state index contributed by atoms with van der Waals surface area (Å²) in [4.78, 5) is 14.9. The third-order valence-electron chi connectivity index (χ3n) is 5.19. The Bertz CT molecular complexity index is 965. The van der Waals surface area contributed by atoms with E-state index < -0.39 is 14.9 Å². The number of nitrogens with zero attached hydrogens (tertiary/aromatic N) is 2. The normalized spacial score (nSPS) is 19.8. The number of aryl methyl sites for hydroxylation is 1. The number of benzene rings is 1. The first-order valence-corrected chi connectivity index (χ1v) is 11.2. The van der Waals surface area contributed by atoms with Crippen LogP contribution in [-0.2, 0) is 23.0 Å². The highest BCUT2D eigenvalue weighted by Gasteiger charge is 2.26. The van der Waals surface area contributed by atoms with Crippen LogP contribution in [0.5, 0.6) is 0 Å². The van der Waals surface area contributed by atoms with Crippen molar-refractivity contribution in [3.8, 4) is 0 Å². The van der Waals surface area contributed by atoms with E-state index in [-0.39, 0.29) is 28.9 Å². The molecule has 0 aliphatic heterocycles. The second-order valence-electron chi connectivity index (χ2n) is 7.44. The van der Waals surface area contributed by atoms with Gasteiger partial charge in [-0.15, -0.1) is 0 Å². The zero-order chi connectivity index (χ0) is 21.0. The van der Waals surface area contributed by atoms with E-state index in [1.807, 2.05) is 6.92 Å². The Morgan fingerprint density at radius 1 is 1.28 bits per heavy atom. The lowest BCUT2D eigenvalue weighted by molar-refractivity contribution is -0.384. The Balaban J connectivity index is 1.75. The predicted molar refractivity (Wildman–Crippen MR) is 108 cm³/mol. The molecular formula is C19H26N4O5S. The van der Waals surface area contributed by atoms with Gasteiger partial charge < -0.3 is 9.73 Å². The number of nitro groups is 1. The van der Waals surface area contributed by atoms with E-state index in [1.165, 1.54) is 12.1 Å². The number of oxazole rings is 1. The maximum Gasteiger partial charge on any atom is 0.293 e. The maximum atomic E-state index is 12.7. The van der Waals surface area contributed by atoms with Gasteiger partial charge in [0.15, 0.2) is 0 Å². The summed E-state index contributed by atoms with van der Waals surface area (Å²) in [6, 6.07) is 3.73. The molecule has 3 rings (SSSR count). The molecule has 158 valence electrons. The van der Waals surface area contributed by atoms with Gasteiger partial charge in [0.25, 0.3) is 5.69 Å². The molecule has 2 aromatic rings. The SMILES string of the molecule is CCc1cnc(CNc2ccc(S(=O)(=O)NC3CCC(C)CC3)cc2[N+](=O)[O-])o1. The van der Waals surface area contributed by atoms with Gasteiger partial charge in [-0.2, -0.15) is 0 Å². The lowest BCUT2D eigenvalue weighted by Crippen LogP contribution is -2.37. The number of rotatable bonds is 8. The fourth-order valence-electron chi connectivity index (χ4n) is 3.41. The molecule has 1 aliphatic rings. The Morgan fingerprint density at radius 3 is 2.62 bits per heavy atom. The molecule has 29 heavy (non-hydrogen) atoms. The van der Waals surface area contributed by atoms with E-state index in [9.17, 15) is 18.5 Å². The molecule has 0 saturated heterocycles. The van der Waals surface area contributed by atoms with Crippen molar-refractivity contribution < 1.29 is 17.8 Å². The van der Waals surface area contributed by atoms with Crippen LogP contribution < -0.4 is 10.0 Å². The maximum absolute atomic E-state index is 12.7. The number of aromatic nitrogens is 1. The minimum atomic E-state index is -3.83. The Labute approximate surface area is 170 Å². The fourth-order valence-corrected chi connectivity index (χ4v) is 4.73. The number of nitro benzene ring substituents is 1. The highest BCUT2D eigenvalue weighted by molar-refractivity contribution is 7.89. The van der Waals surface area contributed by atoms with Crippen molar-refractivity contribution in [2.45, 2.75) is 63.4 Å². The van der Waals surface area contributed by atoms with Crippen molar-refractivity contribution in [3.63, 3.8) is 0 Å². The summed E-state index contributed by atoms with van der Waals surface area (Å²) >= 11 is 0. The van der Waals surface area contributed by atoms with Crippen LogP contribution in [-0.4, -0.2) is 24.4 Å². The van der Waals surface area contributed by atoms with Crippen molar-refractivity contribution in [1.29, 1.82) is 0 Å². The smallest absolute Gasteiger partial charge is 0.293 e. The molecule has 1 aromatic carbocycles. The quantitative estimate of drug-likeness (QED) is 0.491. The first-order valence-electron chi connectivity index (χ1n) is 9.76. The third-order valence-corrected chi connectivity index (χ3v) is 6.71. The van der Waals surface area contributed by atoms with Gasteiger partial charge in [-0.05, 0) is 43.7 Å². The largest absolute Gasteiger partial charge is 0.444 e. The number of nitrogens with one attached hydrogen (secondary N) is 2. The standard InChI is InChI=1S/C19H26N4O5S/c1-3-15-11-21-19(28-15)12-20-17-9-8-16(10-18(17)23(24)25)29(26,27)22-14-6-4-13(2)5-7-14/h8-11,13-14,20,22H,3-7,12H2,1-2H3. The van der Waals surface area contributed by atoms with E-state index in [4.69, 9.17) is 4.42 Å². The predicted octanol–water partition coefficient (Wildman–Crippen LogP) is 3.61. The van der Waals surface area contributed by atoms with Crippen molar-refractivity contribution in [1.82, 2.24) is 9.71 Å². The summed E-state index contributed by atoms with van der Waals surface area (Å²) in [5.74, 6) is 1.72. The van der Waals surface area contributed by atoms with Crippen LogP contribution in [0.2, 0.25) is 0 Å². The van der Waals surface area contributed by atoms with Crippen LogP contribution in [0.15, 0.2) is 33.7 Å². The lowest BCUT2D eigenvalue weighted by Gasteiger charge is -2.26. The molecule has 9 nitrogen and oxygen atoms in total. The number of hydrogen-bond donors (Lipinski definition) is 2. The highest BCUT2D eigenvalue weighted by atomic mass is 32.2. The van der Waals surface area contributed by atoms with Crippen LogP contribution in [0.3, 0.4) is 0 Å². The van der Waals surface area contributed by atoms with Crippen molar-refractivity contribution in [2.24, 2.45) is 5.92 Å². The first kappa shape index (κ1) is 21.3. The van der Waals surface area contributed by atoms with Gasteiger partial charge in [0.05, 0.1) is 22.6 Å². The minimum absolute atomic E-state index is 0.113. The minimum Gasteiger partial charge on any atom is -0.444 e. The van der Waals surface area contributed by atoms with Gasteiger partial charge in [-0.3, -0.25) is 10.1 Å². The molecule has 1 aliphatic carbocycles. The van der Waals surface area contributed by atoms with E-state index >= 15 is 0 Å². The Kier molecular flexibility index (Phi) is 6.53. The van der Waals surface area contributed by atoms with Crippen LogP contribution in [0.4, 0.5) is 11.4 Å². The Hall–Kier alpha value is -2.46. The molecule has 0 radical (unpaired) electrons. The molecule has 1 fully saturated rings. The summed E-state index contributed by atoms with van der Waals surface area (Å²) in [7, 11) is -3.83. The van der Waals surface area contributed by atoms with E-state index in [2.05, 4.69) is 21.9 Å². The number of anilines is 1. The molecule has 1 aromatic heterocycles. The Morgan fingerprint density at radius 2 is 2.00 bits per heavy atom. The fraction of sp³-hybridized carbons (Fsp3) is 0.526. The van der Waals surface area contributed by atoms with E-state index in [0.29, 0.717) is 18.2 Å². The van der Waals surface area contributed by atoms with Gasteiger partial charge >= 0.3 is 0 Å². The molecule has 10 heteroatoms. The molecular weight excluding hydrogens is 396 g/mol.